The van der Waals surface area contributed by atoms with Crippen LogP contribution < -0.4 is 5.32 Å². The first-order chi connectivity index (χ1) is 13.2. The van der Waals surface area contributed by atoms with Crippen molar-refractivity contribution < 1.29 is 18.7 Å². The molecule has 1 aliphatic carbocycles. The van der Waals surface area contributed by atoms with Gasteiger partial charge in [-0.3, -0.25) is 4.79 Å². The highest BCUT2D eigenvalue weighted by atomic mass is 19.1. The summed E-state index contributed by atoms with van der Waals surface area (Å²) in [5.41, 5.74) is 0.547. The number of hydrogen-bond acceptors (Lipinski definition) is 3. The minimum absolute atomic E-state index is 0.00456. The highest BCUT2D eigenvalue weighted by molar-refractivity contribution is 5.82. The van der Waals surface area contributed by atoms with Crippen LogP contribution in [0.1, 0.15) is 57.9 Å². The normalized spacial score (nSPS) is 24.6. The third kappa shape index (κ3) is 5.69. The lowest BCUT2D eigenvalue weighted by atomic mass is 9.95. The molecule has 2 fully saturated rings. The van der Waals surface area contributed by atoms with Gasteiger partial charge in [0.25, 0.3) is 0 Å². The number of carbonyl (C=O) groups is 2. The lowest BCUT2D eigenvalue weighted by Crippen LogP contribution is -2.43. The van der Waals surface area contributed by atoms with Crippen LogP contribution in [0, 0.1) is 17.7 Å². The Morgan fingerprint density at radius 3 is 2.64 bits per heavy atom. The molecular weight excluding hydrogens is 359 g/mol. The predicted molar refractivity (Wildman–Crippen MR) is 105 cm³/mol. The van der Waals surface area contributed by atoms with E-state index in [1.807, 2.05) is 20.8 Å². The van der Waals surface area contributed by atoms with E-state index < -0.39 is 5.60 Å². The van der Waals surface area contributed by atoms with Gasteiger partial charge in [-0.05, 0) is 76.0 Å². The van der Waals surface area contributed by atoms with E-state index in [2.05, 4.69) is 5.32 Å². The maximum atomic E-state index is 13.0. The number of nitrogens with zero attached hydrogens (tertiary/aromatic N) is 1. The highest BCUT2D eigenvalue weighted by Crippen LogP contribution is 2.47. The minimum Gasteiger partial charge on any atom is -0.444 e. The Balaban J connectivity index is 1.38. The van der Waals surface area contributed by atoms with Gasteiger partial charge in [-0.15, -0.1) is 0 Å². The van der Waals surface area contributed by atoms with Crippen LogP contribution in [0.3, 0.4) is 0 Å². The van der Waals surface area contributed by atoms with Gasteiger partial charge in [0.15, 0.2) is 0 Å². The Morgan fingerprint density at radius 1 is 1.25 bits per heavy atom. The van der Waals surface area contributed by atoms with Gasteiger partial charge in [0.2, 0.25) is 5.91 Å². The zero-order valence-electron chi connectivity index (χ0n) is 17.0. The van der Waals surface area contributed by atoms with Crippen molar-refractivity contribution in [2.75, 3.05) is 19.6 Å². The number of carbonyl (C=O) groups excluding carboxylic acids is 2. The SMILES string of the molecule is CC(C)(C)OC(=O)N1CCCC(CCNC(=O)C2CC2c2ccc(F)cc2)C1. The fraction of sp³-hybridized carbons (Fsp3) is 0.636. The van der Waals surface area contributed by atoms with Crippen LogP contribution in [0.2, 0.25) is 0 Å². The maximum absolute atomic E-state index is 13.0. The van der Waals surface area contributed by atoms with Crippen molar-refractivity contribution >= 4 is 12.0 Å². The largest absolute Gasteiger partial charge is 0.444 e. The molecule has 3 unspecified atom stereocenters. The van der Waals surface area contributed by atoms with Crippen molar-refractivity contribution in [3.8, 4) is 0 Å². The van der Waals surface area contributed by atoms with Crippen molar-refractivity contribution in [1.29, 1.82) is 0 Å². The number of nitrogens with one attached hydrogen (secondary N) is 1. The van der Waals surface area contributed by atoms with Gasteiger partial charge in [0, 0.05) is 25.6 Å². The van der Waals surface area contributed by atoms with Gasteiger partial charge in [-0.1, -0.05) is 12.1 Å². The van der Waals surface area contributed by atoms with Crippen LogP contribution in [0.25, 0.3) is 0 Å². The van der Waals surface area contributed by atoms with Crippen LogP contribution in [-0.4, -0.2) is 42.1 Å². The molecular formula is C22H31FN2O3. The molecule has 3 atom stereocenters. The van der Waals surface area contributed by atoms with Crippen molar-refractivity contribution in [2.45, 2.75) is 58.0 Å². The van der Waals surface area contributed by atoms with Gasteiger partial charge in [-0.25, -0.2) is 9.18 Å². The molecule has 0 spiro atoms. The summed E-state index contributed by atoms with van der Waals surface area (Å²) in [4.78, 5) is 26.4. The van der Waals surface area contributed by atoms with E-state index >= 15 is 0 Å². The van der Waals surface area contributed by atoms with E-state index in [9.17, 15) is 14.0 Å². The second-order valence-electron chi connectivity index (χ2n) is 9.01. The van der Waals surface area contributed by atoms with Crippen LogP contribution >= 0.6 is 0 Å². The summed E-state index contributed by atoms with van der Waals surface area (Å²) in [6, 6.07) is 6.42. The van der Waals surface area contributed by atoms with Crippen molar-refractivity contribution in [3.05, 3.63) is 35.6 Å². The Bertz CT molecular complexity index is 699. The average molecular weight is 390 g/mol. The lowest BCUT2D eigenvalue weighted by molar-refractivity contribution is -0.122. The molecule has 1 N–H and O–H groups in total. The van der Waals surface area contributed by atoms with Crippen LogP contribution in [0.5, 0.6) is 0 Å². The Morgan fingerprint density at radius 2 is 1.96 bits per heavy atom. The van der Waals surface area contributed by atoms with Crippen molar-refractivity contribution in [2.24, 2.45) is 11.8 Å². The van der Waals surface area contributed by atoms with Crippen LogP contribution in [0.15, 0.2) is 24.3 Å². The number of hydrogen-bond donors (Lipinski definition) is 1. The molecule has 6 heteroatoms. The van der Waals surface area contributed by atoms with Gasteiger partial charge in [0.1, 0.15) is 11.4 Å². The molecule has 1 aromatic rings. The fourth-order valence-corrected chi connectivity index (χ4v) is 3.89. The summed E-state index contributed by atoms with van der Waals surface area (Å²) in [5, 5.41) is 3.04. The molecule has 1 heterocycles. The smallest absolute Gasteiger partial charge is 0.410 e. The van der Waals surface area contributed by atoms with Gasteiger partial charge < -0.3 is 15.0 Å². The number of halogens is 1. The van der Waals surface area contributed by atoms with E-state index in [0.717, 1.165) is 37.8 Å². The number of amides is 2. The van der Waals surface area contributed by atoms with Gasteiger partial charge in [-0.2, -0.15) is 0 Å². The van der Waals surface area contributed by atoms with E-state index in [0.29, 0.717) is 19.0 Å². The summed E-state index contributed by atoms with van der Waals surface area (Å²) in [6.45, 7) is 7.67. The molecule has 0 aromatic heterocycles. The molecule has 154 valence electrons. The van der Waals surface area contributed by atoms with Crippen molar-refractivity contribution in [1.82, 2.24) is 10.2 Å². The van der Waals surface area contributed by atoms with Crippen LogP contribution in [0.4, 0.5) is 9.18 Å². The van der Waals surface area contributed by atoms with E-state index in [4.69, 9.17) is 4.74 Å². The first kappa shape index (κ1) is 20.6. The topological polar surface area (TPSA) is 58.6 Å². The molecule has 0 radical (unpaired) electrons. The fourth-order valence-electron chi connectivity index (χ4n) is 3.89. The standard InChI is InChI=1S/C22H31FN2O3/c1-22(2,3)28-21(27)25-12-4-5-15(14-25)10-11-24-20(26)19-13-18(19)16-6-8-17(23)9-7-16/h6-9,15,18-19H,4-5,10-14H2,1-3H3,(H,24,26). The third-order valence-electron chi connectivity index (χ3n) is 5.45. The number of rotatable bonds is 5. The molecule has 5 nitrogen and oxygen atoms in total. The second kappa shape index (κ2) is 8.50. The highest BCUT2D eigenvalue weighted by Gasteiger charge is 2.43. The molecule has 28 heavy (non-hydrogen) atoms. The summed E-state index contributed by atoms with van der Waals surface area (Å²) in [7, 11) is 0. The summed E-state index contributed by atoms with van der Waals surface area (Å²) >= 11 is 0. The summed E-state index contributed by atoms with van der Waals surface area (Å²) < 4.78 is 18.5. The molecule has 1 saturated carbocycles. The Hall–Kier alpha value is -2.11. The predicted octanol–water partition coefficient (Wildman–Crippen LogP) is 4.08. The van der Waals surface area contributed by atoms with Crippen LogP contribution in [-0.2, 0) is 9.53 Å². The Kier molecular flexibility index (Phi) is 6.26. The molecule has 1 aromatic carbocycles. The van der Waals surface area contributed by atoms with E-state index in [-0.39, 0.29) is 29.7 Å². The number of piperidine rings is 1. The monoisotopic (exact) mass is 390 g/mol. The summed E-state index contributed by atoms with van der Waals surface area (Å²) in [5.74, 6) is 0.411. The average Bonchev–Trinajstić information content (AvgIpc) is 3.42. The van der Waals surface area contributed by atoms with Crippen molar-refractivity contribution in [3.63, 3.8) is 0 Å². The Labute approximate surface area is 166 Å². The number of benzene rings is 1. The molecule has 1 aliphatic heterocycles. The first-order valence-corrected chi connectivity index (χ1v) is 10.2. The quantitative estimate of drug-likeness (QED) is 0.824. The lowest BCUT2D eigenvalue weighted by Gasteiger charge is -2.34. The summed E-state index contributed by atoms with van der Waals surface area (Å²) in [6.07, 6.45) is 3.47. The zero-order chi connectivity index (χ0) is 20.3. The maximum Gasteiger partial charge on any atom is 0.410 e. The molecule has 0 bridgehead atoms. The number of ether oxygens (including phenoxy) is 1. The number of likely N-dealkylation sites (tertiary alicyclic amines) is 1. The van der Waals surface area contributed by atoms with E-state index in [1.165, 1.54) is 12.1 Å². The third-order valence-corrected chi connectivity index (χ3v) is 5.45. The van der Waals surface area contributed by atoms with Gasteiger partial charge in [0.05, 0.1) is 0 Å². The van der Waals surface area contributed by atoms with E-state index in [1.54, 1.807) is 17.0 Å². The molecule has 3 rings (SSSR count). The molecule has 2 amide bonds. The molecule has 1 saturated heterocycles. The molecule has 2 aliphatic rings. The first-order valence-electron chi connectivity index (χ1n) is 10.2. The minimum atomic E-state index is -0.483. The van der Waals surface area contributed by atoms with Gasteiger partial charge >= 0.3 is 6.09 Å². The second-order valence-corrected chi connectivity index (χ2v) is 9.01. The zero-order valence-corrected chi connectivity index (χ0v) is 17.0.